The molecule has 1 aromatic carbocycles. The number of carbonyl (C=O) groups excluding carboxylic acids is 1. The van der Waals surface area contributed by atoms with Crippen molar-refractivity contribution in [2.75, 3.05) is 18.4 Å². The molecule has 0 radical (unpaired) electrons. The van der Waals surface area contributed by atoms with E-state index in [1.165, 1.54) is 19.3 Å². The van der Waals surface area contributed by atoms with E-state index in [0.717, 1.165) is 25.2 Å². The molecule has 0 aromatic heterocycles. The van der Waals surface area contributed by atoms with Gasteiger partial charge in [0.05, 0.1) is 5.69 Å². The van der Waals surface area contributed by atoms with Gasteiger partial charge in [0.25, 0.3) is 0 Å². The van der Waals surface area contributed by atoms with Crippen LogP contribution in [0.3, 0.4) is 0 Å². The summed E-state index contributed by atoms with van der Waals surface area (Å²) in [5, 5.41) is 12.5. The second-order valence-corrected chi connectivity index (χ2v) is 6.82. The van der Waals surface area contributed by atoms with Crippen LogP contribution in [0.15, 0.2) is 18.2 Å². The third kappa shape index (κ3) is 5.22. The van der Waals surface area contributed by atoms with Gasteiger partial charge in [-0.25, -0.2) is 4.79 Å². The van der Waals surface area contributed by atoms with E-state index in [0.29, 0.717) is 5.69 Å². The second kappa shape index (κ2) is 7.01. The van der Waals surface area contributed by atoms with Crippen LogP contribution in [-0.4, -0.2) is 34.8 Å². The van der Waals surface area contributed by atoms with Crippen molar-refractivity contribution in [2.45, 2.75) is 52.2 Å². The van der Waals surface area contributed by atoms with E-state index in [4.69, 9.17) is 4.74 Å². The molecule has 1 amide bonds. The van der Waals surface area contributed by atoms with Crippen molar-refractivity contribution in [3.8, 4) is 5.75 Å². The smallest absolute Gasteiger partial charge is 0.412 e. The minimum Gasteiger partial charge on any atom is -0.506 e. The highest BCUT2D eigenvalue weighted by atomic mass is 16.6. The molecular weight excluding hydrogens is 280 g/mol. The largest absolute Gasteiger partial charge is 0.506 e. The Morgan fingerprint density at radius 2 is 1.95 bits per heavy atom. The summed E-state index contributed by atoms with van der Waals surface area (Å²) < 4.78 is 5.21. The van der Waals surface area contributed by atoms with Gasteiger partial charge in [0.2, 0.25) is 0 Å². The number of hydrogen-bond donors (Lipinski definition) is 2. The van der Waals surface area contributed by atoms with E-state index in [-0.39, 0.29) is 5.75 Å². The number of rotatable bonds is 3. The van der Waals surface area contributed by atoms with Crippen LogP contribution < -0.4 is 5.32 Å². The average Bonchev–Trinajstić information content (AvgIpc) is 2.41. The van der Waals surface area contributed by atoms with Gasteiger partial charge in [-0.15, -0.1) is 0 Å². The van der Waals surface area contributed by atoms with Crippen molar-refractivity contribution in [1.29, 1.82) is 0 Å². The molecule has 2 N–H and O–H groups in total. The van der Waals surface area contributed by atoms with Crippen LogP contribution in [-0.2, 0) is 11.3 Å². The Labute approximate surface area is 132 Å². The monoisotopic (exact) mass is 306 g/mol. The minimum atomic E-state index is -0.564. The van der Waals surface area contributed by atoms with Crippen LogP contribution in [0.4, 0.5) is 10.5 Å². The molecule has 122 valence electrons. The quantitative estimate of drug-likeness (QED) is 0.835. The van der Waals surface area contributed by atoms with E-state index in [2.05, 4.69) is 10.2 Å². The molecule has 1 saturated heterocycles. The Hall–Kier alpha value is -1.75. The molecule has 1 aromatic rings. The molecule has 1 aliphatic heterocycles. The number of hydrogen-bond acceptors (Lipinski definition) is 4. The predicted molar refractivity (Wildman–Crippen MR) is 87.1 cm³/mol. The van der Waals surface area contributed by atoms with E-state index in [9.17, 15) is 9.90 Å². The lowest BCUT2D eigenvalue weighted by molar-refractivity contribution is 0.0635. The topological polar surface area (TPSA) is 61.8 Å². The Morgan fingerprint density at radius 3 is 2.59 bits per heavy atom. The van der Waals surface area contributed by atoms with Crippen LogP contribution in [0.2, 0.25) is 0 Å². The van der Waals surface area contributed by atoms with Crippen molar-refractivity contribution < 1.29 is 14.6 Å². The van der Waals surface area contributed by atoms with Crippen LogP contribution in [0.1, 0.15) is 45.6 Å². The SMILES string of the molecule is CC(C)(C)OC(=O)Nc1cc(CN2CCCCC2)ccc1O. The molecule has 22 heavy (non-hydrogen) atoms. The summed E-state index contributed by atoms with van der Waals surface area (Å²) in [7, 11) is 0. The van der Waals surface area contributed by atoms with Crippen molar-refractivity contribution in [3.05, 3.63) is 23.8 Å². The van der Waals surface area contributed by atoms with Crippen LogP contribution >= 0.6 is 0 Å². The molecule has 1 aliphatic rings. The highest BCUT2D eigenvalue weighted by molar-refractivity contribution is 5.87. The first-order valence-electron chi connectivity index (χ1n) is 7.88. The van der Waals surface area contributed by atoms with Crippen molar-refractivity contribution in [3.63, 3.8) is 0 Å². The number of amides is 1. The lowest BCUT2D eigenvalue weighted by Crippen LogP contribution is -2.29. The normalized spacial score (nSPS) is 16.3. The molecule has 5 heteroatoms. The van der Waals surface area contributed by atoms with Crippen molar-refractivity contribution >= 4 is 11.8 Å². The third-order valence-electron chi connectivity index (χ3n) is 3.55. The number of ether oxygens (including phenoxy) is 1. The van der Waals surface area contributed by atoms with E-state index >= 15 is 0 Å². The molecule has 0 bridgehead atoms. The predicted octanol–water partition coefficient (Wildman–Crippen LogP) is 3.73. The summed E-state index contributed by atoms with van der Waals surface area (Å²) in [5.41, 5.74) is 0.903. The fraction of sp³-hybridized carbons (Fsp3) is 0.588. The van der Waals surface area contributed by atoms with Gasteiger partial charge in [-0.05, 0) is 64.4 Å². The van der Waals surface area contributed by atoms with Gasteiger partial charge in [-0.3, -0.25) is 10.2 Å². The molecule has 0 spiro atoms. The molecule has 0 aliphatic carbocycles. The third-order valence-corrected chi connectivity index (χ3v) is 3.55. The number of likely N-dealkylation sites (tertiary alicyclic amines) is 1. The van der Waals surface area contributed by atoms with Gasteiger partial charge in [0, 0.05) is 6.54 Å². The number of carbonyl (C=O) groups is 1. The standard InChI is InChI=1S/C17H26N2O3/c1-17(2,3)22-16(21)18-14-11-13(7-8-15(14)20)12-19-9-5-4-6-10-19/h7-8,11,20H,4-6,9-10,12H2,1-3H3,(H,18,21). The summed E-state index contributed by atoms with van der Waals surface area (Å²) in [6.07, 6.45) is 3.22. The number of benzene rings is 1. The Morgan fingerprint density at radius 1 is 1.27 bits per heavy atom. The fourth-order valence-electron chi connectivity index (χ4n) is 2.57. The molecule has 1 fully saturated rings. The number of phenols is 1. The zero-order valence-corrected chi connectivity index (χ0v) is 13.7. The van der Waals surface area contributed by atoms with Gasteiger partial charge in [0.15, 0.2) is 0 Å². The first kappa shape index (κ1) is 16.6. The summed E-state index contributed by atoms with van der Waals surface area (Å²) >= 11 is 0. The van der Waals surface area contributed by atoms with Crippen LogP contribution in [0.25, 0.3) is 0 Å². The molecule has 0 saturated carbocycles. The number of nitrogens with zero attached hydrogens (tertiary/aromatic N) is 1. The molecule has 5 nitrogen and oxygen atoms in total. The van der Waals surface area contributed by atoms with Gasteiger partial charge in [-0.2, -0.15) is 0 Å². The summed E-state index contributed by atoms with van der Waals surface area (Å²) in [6, 6.07) is 5.32. The maximum atomic E-state index is 11.8. The van der Waals surface area contributed by atoms with Crippen LogP contribution in [0, 0.1) is 0 Å². The average molecular weight is 306 g/mol. The maximum absolute atomic E-state index is 11.8. The molecule has 0 unspecified atom stereocenters. The summed E-state index contributed by atoms with van der Waals surface area (Å²) in [5.74, 6) is 0.0493. The number of nitrogens with one attached hydrogen (secondary N) is 1. The number of anilines is 1. The van der Waals surface area contributed by atoms with Crippen molar-refractivity contribution in [2.24, 2.45) is 0 Å². The van der Waals surface area contributed by atoms with Gasteiger partial charge in [-0.1, -0.05) is 12.5 Å². The Balaban J connectivity index is 2.01. The lowest BCUT2D eigenvalue weighted by atomic mass is 10.1. The molecular formula is C17H26N2O3. The minimum absolute atomic E-state index is 0.0493. The zero-order valence-electron chi connectivity index (χ0n) is 13.7. The first-order chi connectivity index (χ1) is 10.3. The van der Waals surface area contributed by atoms with Gasteiger partial charge < -0.3 is 9.84 Å². The second-order valence-electron chi connectivity index (χ2n) is 6.82. The van der Waals surface area contributed by atoms with E-state index in [1.807, 2.05) is 12.1 Å². The lowest BCUT2D eigenvalue weighted by Gasteiger charge is -2.26. The number of aromatic hydroxyl groups is 1. The van der Waals surface area contributed by atoms with Gasteiger partial charge in [0.1, 0.15) is 11.4 Å². The summed E-state index contributed by atoms with van der Waals surface area (Å²) in [4.78, 5) is 14.2. The number of phenolic OH excluding ortho intramolecular Hbond substituents is 1. The van der Waals surface area contributed by atoms with E-state index in [1.54, 1.807) is 26.8 Å². The Kier molecular flexibility index (Phi) is 5.29. The highest BCUT2D eigenvalue weighted by Crippen LogP contribution is 2.26. The molecule has 0 atom stereocenters. The Bertz CT molecular complexity index is 517. The molecule has 2 rings (SSSR count). The van der Waals surface area contributed by atoms with Gasteiger partial charge >= 0.3 is 6.09 Å². The highest BCUT2D eigenvalue weighted by Gasteiger charge is 2.18. The molecule has 1 heterocycles. The van der Waals surface area contributed by atoms with Crippen molar-refractivity contribution in [1.82, 2.24) is 4.90 Å². The fourth-order valence-corrected chi connectivity index (χ4v) is 2.57. The summed E-state index contributed by atoms with van der Waals surface area (Å²) in [6.45, 7) is 8.46. The van der Waals surface area contributed by atoms with E-state index < -0.39 is 11.7 Å². The maximum Gasteiger partial charge on any atom is 0.412 e. The zero-order chi connectivity index (χ0) is 16.2. The van der Waals surface area contributed by atoms with Crippen LogP contribution in [0.5, 0.6) is 5.75 Å². The number of piperidine rings is 1. The first-order valence-corrected chi connectivity index (χ1v) is 7.88.